The lowest BCUT2D eigenvalue weighted by atomic mass is 10.5. The molecular weight excluding hydrogens is 196 g/mol. The number of rotatable bonds is 7. The summed E-state index contributed by atoms with van der Waals surface area (Å²) in [6.45, 7) is 14.0. The lowest BCUT2D eigenvalue weighted by Gasteiger charge is -2.25. The molecule has 2 radical (unpaired) electrons. The van der Waals surface area contributed by atoms with Gasteiger partial charge in [0, 0.05) is 13.2 Å². The molecule has 2 nitrogen and oxygen atoms in total. The summed E-state index contributed by atoms with van der Waals surface area (Å²) in [6.07, 6.45) is 1.11. The third-order valence-electron chi connectivity index (χ3n) is 1.69. The molecule has 0 aliphatic carbocycles. The van der Waals surface area contributed by atoms with Gasteiger partial charge in [-0.2, -0.15) is 0 Å². The van der Waals surface area contributed by atoms with E-state index in [1.807, 2.05) is 0 Å². The summed E-state index contributed by atoms with van der Waals surface area (Å²) >= 11 is 0. The molecule has 78 valence electrons. The van der Waals surface area contributed by atoms with Gasteiger partial charge in [0.2, 0.25) is 0 Å². The Balaban J connectivity index is 3.50. The zero-order chi connectivity index (χ0) is 10.3. The highest BCUT2D eigenvalue weighted by Crippen LogP contribution is 2.14. The summed E-state index contributed by atoms with van der Waals surface area (Å²) < 4.78 is 11.2. The highest BCUT2D eigenvalue weighted by atomic mass is 28.4. The molecule has 0 spiro atoms. The van der Waals surface area contributed by atoms with Crippen molar-refractivity contribution in [2.24, 2.45) is 0 Å². The monoisotopic (exact) mass is 218 g/mol. The zero-order valence-corrected chi connectivity index (χ0v) is 11.4. The molecule has 0 aliphatic heterocycles. The minimum absolute atomic E-state index is 0.525. The first-order chi connectivity index (χ1) is 5.98. The fourth-order valence-corrected chi connectivity index (χ4v) is 7.13. The summed E-state index contributed by atoms with van der Waals surface area (Å²) in [7, 11) is -1.90. The molecule has 0 fully saturated rings. The molecule has 0 heterocycles. The second kappa shape index (κ2) is 6.76. The molecule has 0 N–H and O–H groups in total. The van der Waals surface area contributed by atoms with Gasteiger partial charge in [0.15, 0.2) is 17.4 Å². The molecule has 0 amide bonds. The Labute approximate surface area is 85.5 Å². The van der Waals surface area contributed by atoms with Crippen LogP contribution in [0.2, 0.25) is 32.2 Å². The average molecular weight is 218 g/mol. The zero-order valence-electron chi connectivity index (χ0n) is 9.35. The first-order valence-electron chi connectivity index (χ1n) is 4.84. The SMILES string of the molecule is [CH2]COCCC[Si](C)(C)O[Si](C)C. The van der Waals surface area contributed by atoms with Gasteiger partial charge in [0.05, 0.1) is 0 Å². The smallest absolute Gasteiger partial charge is 0.191 e. The minimum atomic E-state index is -1.37. The van der Waals surface area contributed by atoms with Crippen LogP contribution in [-0.2, 0) is 8.85 Å². The van der Waals surface area contributed by atoms with Crippen molar-refractivity contribution < 1.29 is 8.85 Å². The Bertz CT molecular complexity index is 127. The second-order valence-electron chi connectivity index (χ2n) is 3.99. The lowest BCUT2D eigenvalue weighted by molar-refractivity contribution is 0.161. The van der Waals surface area contributed by atoms with Crippen molar-refractivity contribution in [2.45, 2.75) is 38.7 Å². The Kier molecular flexibility index (Phi) is 6.94. The molecule has 0 aliphatic rings. The van der Waals surface area contributed by atoms with E-state index in [9.17, 15) is 0 Å². The number of ether oxygens (including phenoxy) is 1. The van der Waals surface area contributed by atoms with E-state index in [1.165, 1.54) is 6.04 Å². The molecule has 0 aromatic carbocycles. The van der Waals surface area contributed by atoms with Crippen LogP contribution < -0.4 is 0 Å². The summed E-state index contributed by atoms with van der Waals surface area (Å²) in [6, 6.07) is 1.20. The maximum absolute atomic E-state index is 5.99. The number of hydrogen-bond donors (Lipinski definition) is 0. The van der Waals surface area contributed by atoms with Gasteiger partial charge in [0.1, 0.15) is 0 Å². The molecule has 0 atom stereocenters. The van der Waals surface area contributed by atoms with Crippen LogP contribution in [0.15, 0.2) is 0 Å². The molecular formula is C9H22O2Si2. The third-order valence-corrected chi connectivity index (χ3v) is 7.09. The van der Waals surface area contributed by atoms with Crippen LogP contribution in [0.4, 0.5) is 0 Å². The Morgan fingerprint density at radius 3 is 2.38 bits per heavy atom. The van der Waals surface area contributed by atoms with Crippen molar-refractivity contribution >= 4 is 17.4 Å². The maximum atomic E-state index is 5.99. The summed E-state index contributed by atoms with van der Waals surface area (Å²) in [5.41, 5.74) is 0. The van der Waals surface area contributed by atoms with Crippen LogP contribution in [0.5, 0.6) is 0 Å². The van der Waals surface area contributed by atoms with Crippen molar-refractivity contribution in [3.05, 3.63) is 6.92 Å². The van der Waals surface area contributed by atoms with E-state index in [2.05, 4.69) is 33.1 Å². The molecule has 0 rings (SSSR count). The van der Waals surface area contributed by atoms with Crippen LogP contribution in [0, 0.1) is 6.92 Å². The van der Waals surface area contributed by atoms with Crippen molar-refractivity contribution in [1.29, 1.82) is 0 Å². The lowest BCUT2D eigenvalue weighted by Crippen LogP contribution is -2.35. The van der Waals surface area contributed by atoms with Crippen molar-refractivity contribution in [3.8, 4) is 0 Å². The molecule has 0 saturated carbocycles. The van der Waals surface area contributed by atoms with Gasteiger partial charge in [0.25, 0.3) is 0 Å². The normalized spacial score (nSPS) is 12.5. The second-order valence-corrected chi connectivity index (χ2v) is 10.6. The van der Waals surface area contributed by atoms with Crippen molar-refractivity contribution in [1.82, 2.24) is 0 Å². The third kappa shape index (κ3) is 8.68. The topological polar surface area (TPSA) is 18.5 Å². The molecule has 0 saturated heterocycles. The van der Waals surface area contributed by atoms with E-state index < -0.39 is 17.4 Å². The van der Waals surface area contributed by atoms with E-state index in [4.69, 9.17) is 8.85 Å². The highest BCUT2D eigenvalue weighted by molar-refractivity contribution is 6.77. The maximum Gasteiger partial charge on any atom is 0.191 e. The van der Waals surface area contributed by atoms with E-state index in [0.717, 1.165) is 13.0 Å². The summed E-state index contributed by atoms with van der Waals surface area (Å²) in [5.74, 6) is 0. The van der Waals surface area contributed by atoms with E-state index in [1.54, 1.807) is 0 Å². The van der Waals surface area contributed by atoms with Crippen LogP contribution in [0.25, 0.3) is 0 Å². The van der Waals surface area contributed by atoms with Gasteiger partial charge in [-0.25, -0.2) is 0 Å². The fourth-order valence-electron chi connectivity index (χ4n) is 1.31. The van der Waals surface area contributed by atoms with Crippen LogP contribution in [0.3, 0.4) is 0 Å². The van der Waals surface area contributed by atoms with Gasteiger partial charge < -0.3 is 8.85 Å². The Morgan fingerprint density at radius 2 is 1.92 bits per heavy atom. The Morgan fingerprint density at radius 1 is 1.31 bits per heavy atom. The molecule has 0 bridgehead atoms. The van der Waals surface area contributed by atoms with Crippen molar-refractivity contribution in [2.75, 3.05) is 13.2 Å². The molecule has 4 heteroatoms. The molecule has 0 aromatic rings. The highest BCUT2D eigenvalue weighted by Gasteiger charge is 2.22. The molecule has 0 aromatic heterocycles. The van der Waals surface area contributed by atoms with Crippen LogP contribution in [0.1, 0.15) is 6.42 Å². The van der Waals surface area contributed by atoms with E-state index in [-0.39, 0.29) is 0 Å². The predicted molar refractivity (Wildman–Crippen MR) is 61.6 cm³/mol. The van der Waals surface area contributed by atoms with Gasteiger partial charge >= 0.3 is 0 Å². The quantitative estimate of drug-likeness (QED) is 0.483. The van der Waals surface area contributed by atoms with E-state index >= 15 is 0 Å². The van der Waals surface area contributed by atoms with Gasteiger partial charge in [-0.3, -0.25) is 0 Å². The Hall–Kier alpha value is 0.354. The molecule has 0 unspecified atom stereocenters. The predicted octanol–water partition coefficient (Wildman–Crippen LogP) is 2.70. The van der Waals surface area contributed by atoms with Gasteiger partial charge in [-0.1, -0.05) is 0 Å². The largest absolute Gasteiger partial charge is 0.456 e. The van der Waals surface area contributed by atoms with Gasteiger partial charge in [-0.15, -0.1) is 0 Å². The standard InChI is InChI=1S/C9H22O2Si2/c1-6-10-8-7-9-13(4,5)11-12(2)3/h1,6-9H2,2-5H3. The fraction of sp³-hybridized carbons (Fsp3) is 0.889. The first-order valence-corrected chi connectivity index (χ1v) is 10.4. The van der Waals surface area contributed by atoms with Crippen LogP contribution in [-0.4, -0.2) is 30.6 Å². The van der Waals surface area contributed by atoms with Crippen molar-refractivity contribution in [3.63, 3.8) is 0 Å². The summed E-state index contributed by atoms with van der Waals surface area (Å²) in [5, 5.41) is 0. The van der Waals surface area contributed by atoms with E-state index in [0.29, 0.717) is 6.61 Å². The molecule has 13 heavy (non-hydrogen) atoms. The minimum Gasteiger partial charge on any atom is -0.456 e. The average Bonchev–Trinajstić information content (AvgIpc) is 1.95. The van der Waals surface area contributed by atoms with Gasteiger partial charge in [-0.05, 0) is 45.6 Å². The number of hydrogen-bond acceptors (Lipinski definition) is 2. The van der Waals surface area contributed by atoms with Crippen LogP contribution >= 0.6 is 0 Å². The summed E-state index contributed by atoms with van der Waals surface area (Å²) in [4.78, 5) is 0. The first kappa shape index (κ1) is 13.4.